The number of ether oxygens (including phenoxy) is 1. The Hall–Kier alpha value is -2.98. The number of amides is 1. The van der Waals surface area contributed by atoms with Gasteiger partial charge in [-0.3, -0.25) is 4.79 Å². The predicted molar refractivity (Wildman–Crippen MR) is 108 cm³/mol. The highest BCUT2D eigenvalue weighted by Gasteiger charge is 2.29. The van der Waals surface area contributed by atoms with Crippen molar-refractivity contribution in [3.8, 4) is 0 Å². The summed E-state index contributed by atoms with van der Waals surface area (Å²) in [4.78, 5) is 24.3. The number of aryl methyl sites for hydroxylation is 1. The molecule has 0 bridgehead atoms. The van der Waals surface area contributed by atoms with E-state index in [1.54, 1.807) is 19.1 Å². The van der Waals surface area contributed by atoms with E-state index in [0.717, 1.165) is 10.4 Å². The van der Waals surface area contributed by atoms with E-state index in [4.69, 9.17) is 0 Å². The zero-order valence-corrected chi connectivity index (χ0v) is 17.3. The maximum atomic E-state index is 14.2. The van der Waals surface area contributed by atoms with Crippen LogP contribution in [0.1, 0.15) is 15.9 Å². The lowest BCUT2D eigenvalue weighted by molar-refractivity contribution is -0.114. The summed E-state index contributed by atoms with van der Waals surface area (Å²) < 4.78 is 45.8. The third-order valence-electron chi connectivity index (χ3n) is 4.08. The molecule has 156 valence electrons. The van der Waals surface area contributed by atoms with Gasteiger partial charge >= 0.3 is 16.2 Å². The van der Waals surface area contributed by atoms with Crippen LogP contribution >= 0.6 is 0 Å². The summed E-state index contributed by atoms with van der Waals surface area (Å²) in [6.45, 7) is 1.05. The summed E-state index contributed by atoms with van der Waals surface area (Å²) in [5, 5.41) is 2.57. The van der Waals surface area contributed by atoms with E-state index >= 15 is 0 Å². The quantitative estimate of drug-likeness (QED) is 0.689. The number of carbonyl (C=O) groups is 2. The van der Waals surface area contributed by atoms with Crippen molar-refractivity contribution >= 4 is 33.5 Å². The van der Waals surface area contributed by atoms with E-state index in [9.17, 15) is 22.4 Å². The van der Waals surface area contributed by atoms with Gasteiger partial charge in [-0.05, 0) is 36.8 Å². The minimum Gasteiger partial charge on any atom is -0.465 e. The molecule has 1 amide bonds. The molecule has 0 radical (unpaired) electrons. The number of para-hydroxylation sites is 1. The first-order valence-corrected chi connectivity index (χ1v) is 9.91. The molecule has 8 nitrogen and oxygen atoms in total. The normalized spacial score (nSPS) is 11.2. The van der Waals surface area contributed by atoms with E-state index in [1.807, 2.05) is 0 Å². The minimum atomic E-state index is -4.15. The van der Waals surface area contributed by atoms with E-state index in [2.05, 4.69) is 10.1 Å². The molecule has 2 rings (SSSR count). The first-order valence-electron chi connectivity index (χ1n) is 8.51. The van der Waals surface area contributed by atoms with Crippen molar-refractivity contribution in [1.29, 1.82) is 0 Å². The standard InChI is InChI=1S/C19H22FN3O5S/c1-13-9-10-14(19(25)28-4)11-16(13)21-18(24)12-23(29(26,27)22(2)3)17-8-6-5-7-15(17)20/h5-11H,12H2,1-4H3,(H,21,24). The highest BCUT2D eigenvalue weighted by Crippen LogP contribution is 2.23. The van der Waals surface area contributed by atoms with Crippen LogP contribution in [0.2, 0.25) is 0 Å². The molecular weight excluding hydrogens is 401 g/mol. The Morgan fingerprint density at radius 2 is 1.79 bits per heavy atom. The number of hydrogen-bond donors (Lipinski definition) is 1. The van der Waals surface area contributed by atoms with Gasteiger partial charge in [0.15, 0.2) is 0 Å². The Kier molecular flexibility index (Phi) is 6.93. The summed E-state index contributed by atoms with van der Waals surface area (Å²) in [6, 6.07) is 9.85. The summed E-state index contributed by atoms with van der Waals surface area (Å²) >= 11 is 0. The Morgan fingerprint density at radius 1 is 1.14 bits per heavy atom. The lowest BCUT2D eigenvalue weighted by atomic mass is 10.1. The minimum absolute atomic E-state index is 0.222. The lowest BCUT2D eigenvalue weighted by Crippen LogP contribution is -2.44. The molecule has 0 fully saturated rings. The van der Waals surface area contributed by atoms with Gasteiger partial charge in [0.1, 0.15) is 12.4 Å². The van der Waals surface area contributed by atoms with E-state index < -0.39 is 34.4 Å². The van der Waals surface area contributed by atoms with Gasteiger partial charge < -0.3 is 10.1 Å². The predicted octanol–water partition coefficient (Wildman–Crippen LogP) is 2.17. The Morgan fingerprint density at radius 3 is 2.38 bits per heavy atom. The van der Waals surface area contributed by atoms with Crippen LogP contribution < -0.4 is 9.62 Å². The van der Waals surface area contributed by atoms with Gasteiger partial charge in [0.25, 0.3) is 0 Å². The van der Waals surface area contributed by atoms with Gasteiger partial charge in [-0.1, -0.05) is 18.2 Å². The molecule has 2 aromatic carbocycles. The molecule has 0 aliphatic rings. The SMILES string of the molecule is COC(=O)c1ccc(C)c(NC(=O)CN(c2ccccc2F)S(=O)(=O)N(C)C)c1. The highest BCUT2D eigenvalue weighted by atomic mass is 32.2. The molecular formula is C19H22FN3O5S. The lowest BCUT2D eigenvalue weighted by Gasteiger charge is -2.27. The maximum Gasteiger partial charge on any atom is 0.337 e. The smallest absolute Gasteiger partial charge is 0.337 e. The van der Waals surface area contributed by atoms with Crippen LogP contribution in [0.5, 0.6) is 0 Å². The van der Waals surface area contributed by atoms with Crippen LogP contribution in [-0.4, -0.2) is 52.3 Å². The molecule has 1 N–H and O–H groups in total. The molecule has 29 heavy (non-hydrogen) atoms. The third-order valence-corrected chi connectivity index (χ3v) is 5.89. The number of nitrogens with zero attached hydrogens (tertiary/aromatic N) is 2. The van der Waals surface area contributed by atoms with Crippen LogP contribution in [0.15, 0.2) is 42.5 Å². The zero-order valence-electron chi connectivity index (χ0n) is 16.5. The maximum absolute atomic E-state index is 14.2. The number of halogens is 1. The molecule has 2 aromatic rings. The van der Waals surface area contributed by atoms with Crippen molar-refractivity contribution in [3.05, 3.63) is 59.4 Å². The summed E-state index contributed by atoms with van der Waals surface area (Å²) in [5.74, 6) is -2.07. The van der Waals surface area contributed by atoms with Crippen molar-refractivity contribution < 1.29 is 27.1 Å². The molecule has 0 atom stereocenters. The van der Waals surface area contributed by atoms with Crippen LogP contribution in [0.25, 0.3) is 0 Å². The van der Waals surface area contributed by atoms with Crippen molar-refractivity contribution in [3.63, 3.8) is 0 Å². The second-order valence-corrected chi connectivity index (χ2v) is 8.38. The summed E-state index contributed by atoms with van der Waals surface area (Å²) in [7, 11) is -0.345. The number of nitrogens with one attached hydrogen (secondary N) is 1. The van der Waals surface area contributed by atoms with E-state index in [1.165, 1.54) is 45.5 Å². The average Bonchev–Trinajstić information content (AvgIpc) is 2.67. The molecule has 0 unspecified atom stereocenters. The summed E-state index contributed by atoms with van der Waals surface area (Å²) in [5.41, 5.74) is 0.934. The van der Waals surface area contributed by atoms with Gasteiger partial charge in [-0.25, -0.2) is 13.5 Å². The molecule has 0 aliphatic heterocycles. The second-order valence-electron chi connectivity index (χ2n) is 6.32. The fourth-order valence-corrected chi connectivity index (χ4v) is 3.54. The van der Waals surface area contributed by atoms with Crippen molar-refractivity contribution in [1.82, 2.24) is 4.31 Å². The number of benzene rings is 2. The second kappa shape index (κ2) is 9.01. The zero-order chi connectivity index (χ0) is 21.8. The Bertz CT molecular complexity index is 1020. The largest absolute Gasteiger partial charge is 0.465 e. The fraction of sp³-hybridized carbons (Fsp3) is 0.263. The third kappa shape index (κ3) is 5.09. The van der Waals surface area contributed by atoms with Gasteiger partial charge in [0.05, 0.1) is 18.4 Å². The van der Waals surface area contributed by atoms with Gasteiger partial charge in [-0.15, -0.1) is 0 Å². The Labute approximate surface area is 169 Å². The van der Waals surface area contributed by atoms with Crippen LogP contribution in [-0.2, 0) is 19.7 Å². The first kappa shape index (κ1) is 22.3. The first-order chi connectivity index (χ1) is 13.6. The van der Waals surface area contributed by atoms with Crippen molar-refractivity contribution in [2.24, 2.45) is 0 Å². The Balaban J connectivity index is 2.34. The number of carbonyl (C=O) groups excluding carboxylic acids is 2. The monoisotopic (exact) mass is 423 g/mol. The van der Waals surface area contributed by atoms with E-state index in [0.29, 0.717) is 15.6 Å². The van der Waals surface area contributed by atoms with Gasteiger partial charge in [0.2, 0.25) is 5.91 Å². The van der Waals surface area contributed by atoms with Gasteiger partial charge in [0, 0.05) is 19.8 Å². The van der Waals surface area contributed by atoms with E-state index in [-0.39, 0.29) is 11.3 Å². The fourth-order valence-electron chi connectivity index (χ4n) is 2.46. The molecule has 0 aliphatic carbocycles. The molecule has 0 heterocycles. The van der Waals surface area contributed by atoms with Crippen molar-refractivity contribution in [2.45, 2.75) is 6.92 Å². The molecule has 0 aromatic heterocycles. The number of methoxy groups -OCH3 is 1. The topological polar surface area (TPSA) is 96.0 Å². The number of hydrogen-bond acceptors (Lipinski definition) is 5. The van der Waals surface area contributed by atoms with Gasteiger partial charge in [-0.2, -0.15) is 12.7 Å². The van der Waals surface area contributed by atoms with Crippen LogP contribution in [0, 0.1) is 12.7 Å². The molecule has 0 spiro atoms. The number of rotatable bonds is 7. The molecule has 10 heteroatoms. The highest BCUT2D eigenvalue weighted by molar-refractivity contribution is 7.90. The van der Waals surface area contributed by atoms with Crippen LogP contribution in [0.3, 0.4) is 0 Å². The molecule has 0 saturated carbocycles. The average molecular weight is 423 g/mol. The summed E-state index contributed by atoms with van der Waals surface area (Å²) in [6.07, 6.45) is 0. The van der Waals surface area contributed by atoms with Crippen LogP contribution in [0.4, 0.5) is 15.8 Å². The number of anilines is 2. The molecule has 0 saturated heterocycles. The number of esters is 1. The van der Waals surface area contributed by atoms with Crippen molar-refractivity contribution in [2.75, 3.05) is 37.4 Å².